The third kappa shape index (κ3) is 5.21. The summed E-state index contributed by atoms with van der Waals surface area (Å²) < 4.78 is 44.4. The van der Waals surface area contributed by atoms with E-state index in [1.165, 1.54) is 12.3 Å². The van der Waals surface area contributed by atoms with Gasteiger partial charge in [-0.25, -0.2) is 8.78 Å². The number of aryl methyl sites for hydroxylation is 1. The van der Waals surface area contributed by atoms with Crippen LogP contribution in [0.3, 0.4) is 0 Å². The van der Waals surface area contributed by atoms with Crippen LogP contribution in [0.25, 0.3) is 11.3 Å². The van der Waals surface area contributed by atoms with Crippen LogP contribution in [-0.2, 0) is 20.9 Å². The van der Waals surface area contributed by atoms with Crippen molar-refractivity contribution in [2.75, 3.05) is 5.32 Å². The molecule has 0 radical (unpaired) electrons. The number of anilines is 1. The maximum atomic E-state index is 14.1. The highest BCUT2D eigenvalue weighted by molar-refractivity contribution is 7.53. The van der Waals surface area contributed by atoms with E-state index in [4.69, 9.17) is 4.52 Å². The van der Waals surface area contributed by atoms with Gasteiger partial charge in [0, 0.05) is 23.7 Å². The number of hydrogen-bond acceptors (Lipinski definition) is 4. The second-order valence-corrected chi connectivity index (χ2v) is 9.66. The summed E-state index contributed by atoms with van der Waals surface area (Å²) in [5.74, 6) is -1.68. The minimum Gasteiger partial charge on any atom is -0.356 e. The van der Waals surface area contributed by atoms with Crippen LogP contribution in [-0.4, -0.2) is 20.9 Å². The Hall–Kier alpha value is -2.87. The SMILES string of the molecule is CCC(CC)(c1ccc(NC(=O)CCc2cnoc2-c2ccc(F)cc2F)cc1)P(=O)(O)O. The van der Waals surface area contributed by atoms with Crippen molar-refractivity contribution < 1.29 is 32.5 Å². The van der Waals surface area contributed by atoms with Gasteiger partial charge in [-0.15, -0.1) is 0 Å². The van der Waals surface area contributed by atoms with Crippen LogP contribution in [0.15, 0.2) is 53.2 Å². The molecule has 0 aliphatic rings. The largest absolute Gasteiger partial charge is 0.356 e. The minimum atomic E-state index is -4.40. The van der Waals surface area contributed by atoms with Crippen molar-refractivity contribution >= 4 is 19.2 Å². The van der Waals surface area contributed by atoms with Crippen molar-refractivity contribution in [2.24, 2.45) is 0 Å². The van der Waals surface area contributed by atoms with Crippen molar-refractivity contribution in [2.45, 2.75) is 44.7 Å². The van der Waals surface area contributed by atoms with Gasteiger partial charge in [-0.3, -0.25) is 9.36 Å². The molecule has 1 aromatic heterocycles. The fraction of sp³-hybridized carbons (Fsp3) is 0.304. The summed E-state index contributed by atoms with van der Waals surface area (Å²) in [6, 6.07) is 9.52. The van der Waals surface area contributed by atoms with E-state index in [-0.39, 0.29) is 42.9 Å². The fourth-order valence-corrected chi connectivity index (χ4v) is 5.22. The van der Waals surface area contributed by atoms with Crippen LogP contribution in [0.5, 0.6) is 0 Å². The van der Waals surface area contributed by atoms with E-state index in [1.807, 2.05) is 0 Å². The molecule has 0 bridgehead atoms. The first-order valence-electron chi connectivity index (χ1n) is 10.5. The van der Waals surface area contributed by atoms with Gasteiger partial charge in [0.15, 0.2) is 5.76 Å². The summed E-state index contributed by atoms with van der Waals surface area (Å²) in [7, 11) is -4.40. The molecule has 0 aliphatic heterocycles. The molecule has 0 unspecified atom stereocenters. The van der Waals surface area contributed by atoms with Crippen LogP contribution < -0.4 is 5.32 Å². The highest BCUT2D eigenvalue weighted by Crippen LogP contribution is 2.60. The molecule has 7 nitrogen and oxygen atoms in total. The number of carbonyl (C=O) groups excluding carboxylic acids is 1. The normalized spacial score (nSPS) is 12.1. The molecule has 1 heterocycles. The fourth-order valence-electron chi connectivity index (χ4n) is 3.91. The van der Waals surface area contributed by atoms with E-state index in [0.717, 1.165) is 12.1 Å². The maximum Gasteiger partial charge on any atom is 0.335 e. The van der Waals surface area contributed by atoms with Crippen molar-refractivity contribution in [3.8, 4) is 11.3 Å². The highest BCUT2D eigenvalue weighted by atomic mass is 31.2. The number of benzene rings is 2. The van der Waals surface area contributed by atoms with Crippen LogP contribution in [0, 0.1) is 11.6 Å². The Labute approximate surface area is 190 Å². The summed E-state index contributed by atoms with van der Waals surface area (Å²) in [6.07, 6.45) is 2.20. The molecule has 10 heteroatoms. The molecule has 3 rings (SSSR count). The van der Waals surface area contributed by atoms with Crippen LogP contribution in [0.2, 0.25) is 0 Å². The summed E-state index contributed by atoms with van der Waals surface area (Å²) >= 11 is 0. The minimum absolute atomic E-state index is 0.0507. The Morgan fingerprint density at radius 2 is 1.79 bits per heavy atom. The molecule has 0 fully saturated rings. The predicted octanol–water partition coefficient (Wildman–Crippen LogP) is 5.38. The van der Waals surface area contributed by atoms with Gasteiger partial charge < -0.3 is 19.6 Å². The summed E-state index contributed by atoms with van der Waals surface area (Å²) in [6.45, 7) is 3.46. The molecule has 3 N–H and O–H groups in total. The van der Waals surface area contributed by atoms with Gasteiger partial charge in [-0.1, -0.05) is 31.1 Å². The van der Waals surface area contributed by atoms with E-state index < -0.39 is 24.4 Å². The molecular weight excluding hydrogens is 453 g/mol. The van der Waals surface area contributed by atoms with E-state index >= 15 is 0 Å². The summed E-state index contributed by atoms with van der Waals surface area (Å²) in [4.78, 5) is 32.2. The Bertz CT molecular complexity index is 1170. The molecule has 0 atom stereocenters. The Morgan fingerprint density at radius 1 is 1.12 bits per heavy atom. The van der Waals surface area contributed by atoms with Gasteiger partial charge in [-0.05, 0) is 49.1 Å². The number of aromatic nitrogens is 1. The Balaban J connectivity index is 1.67. The Morgan fingerprint density at radius 3 is 2.36 bits per heavy atom. The van der Waals surface area contributed by atoms with Crippen LogP contribution in [0.1, 0.15) is 44.2 Å². The summed E-state index contributed by atoms with van der Waals surface area (Å²) in [5.41, 5.74) is 1.54. The first-order valence-corrected chi connectivity index (χ1v) is 12.1. The average Bonchev–Trinajstić information content (AvgIpc) is 3.22. The third-order valence-corrected chi connectivity index (χ3v) is 7.88. The van der Waals surface area contributed by atoms with Gasteiger partial charge >= 0.3 is 7.60 Å². The molecule has 0 spiro atoms. The van der Waals surface area contributed by atoms with Crippen molar-refractivity contribution in [1.29, 1.82) is 0 Å². The number of hydrogen-bond donors (Lipinski definition) is 3. The van der Waals surface area contributed by atoms with Crippen molar-refractivity contribution in [1.82, 2.24) is 5.16 Å². The topological polar surface area (TPSA) is 113 Å². The highest BCUT2D eigenvalue weighted by Gasteiger charge is 2.45. The van der Waals surface area contributed by atoms with Gasteiger partial charge in [-0.2, -0.15) is 0 Å². The van der Waals surface area contributed by atoms with Gasteiger partial charge in [0.25, 0.3) is 0 Å². The lowest BCUT2D eigenvalue weighted by atomic mass is 9.92. The predicted molar refractivity (Wildman–Crippen MR) is 120 cm³/mol. The lowest BCUT2D eigenvalue weighted by molar-refractivity contribution is -0.116. The molecule has 3 aromatic rings. The molecule has 0 saturated carbocycles. The van der Waals surface area contributed by atoms with Crippen LogP contribution >= 0.6 is 7.60 Å². The monoisotopic (exact) mass is 478 g/mol. The number of nitrogens with zero attached hydrogens (tertiary/aromatic N) is 1. The zero-order valence-electron chi connectivity index (χ0n) is 18.2. The standard InChI is InChI=1S/C23H25F2N2O5P/c1-3-23(4-2,33(29,30)31)16-6-9-18(10-7-16)27-21(28)12-5-15-14-26-32-22(15)19-11-8-17(24)13-20(19)25/h6-11,13-14H,3-5,12H2,1-2H3,(H,27,28)(H2,29,30,31). The summed E-state index contributed by atoms with van der Waals surface area (Å²) in [5, 5.41) is 5.12. The molecule has 1 amide bonds. The van der Waals surface area contributed by atoms with Crippen molar-refractivity contribution in [3.63, 3.8) is 0 Å². The average molecular weight is 478 g/mol. The number of carbonyl (C=O) groups is 1. The zero-order chi connectivity index (χ0) is 24.2. The maximum absolute atomic E-state index is 14.1. The molecular formula is C23H25F2N2O5P. The first kappa shape index (κ1) is 24.8. The van der Waals surface area contributed by atoms with E-state index in [0.29, 0.717) is 16.8 Å². The van der Waals surface area contributed by atoms with E-state index in [9.17, 15) is 27.9 Å². The Kier molecular flexibility index (Phi) is 7.47. The first-order chi connectivity index (χ1) is 15.6. The lowest BCUT2D eigenvalue weighted by Gasteiger charge is -2.33. The number of amides is 1. The zero-order valence-corrected chi connectivity index (χ0v) is 19.1. The number of halogens is 2. The third-order valence-electron chi connectivity index (χ3n) is 5.87. The molecule has 176 valence electrons. The molecule has 33 heavy (non-hydrogen) atoms. The number of nitrogens with one attached hydrogen (secondary N) is 1. The van der Waals surface area contributed by atoms with Crippen LogP contribution in [0.4, 0.5) is 14.5 Å². The number of rotatable bonds is 9. The quantitative estimate of drug-likeness (QED) is 0.356. The second-order valence-electron chi connectivity index (χ2n) is 7.71. The molecule has 2 aromatic carbocycles. The smallest absolute Gasteiger partial charge is 0.335 e. The molecule has 0 aliphatic carbocycles. The van der Waals surface area contributed by atoms with Gasteiger partial charge in [0.1, 0.15) is 11.6 Å². The lowest BCUT2D eigenvalue weighted by Crippen LogP contribution is -2.24. The van der Waals surface area contributed by atoms with Gasteiger partial charge in [0.05, 0.1) is 16.9 Å². The molecule has 0 saturated heterocycles. The van der Waals surface area contributed by atoms with Crippen molar-refractivity contribution in [3.05, 3.63) is 71.4 Å². The van der Waals surface area contributed by atoms with Gasteiger partial charge in [0.2, 0.25) is 5.91 Å². The van der Waals surface area contributed by atoms with E-state index in [2.05, 4.69) is 10.5 Å². The van der Waals surface area contributed by atoms with E-state index in [1.54, 1.807) is 38.1 Å². The second kappa shape index (κ2) is 9.95.